The summed E-state index contributed by atoms with van der Waals surface area (Å²) in [6, 6.07) is 8.46. The first-order chi connectivity index (χ1) is 16.7. The van der Waals surface area contributed by atoms with Crippen LogP contribution in [0.4, 0.5) is 0 Å². The molecule has 1 aliphatic heterocycles. The lowest BCUT2D eigenvalue weighted by Crippen LogP contribution is -2.39. The van der Waals surface area contributed by atoms with Crippen LogP contribution in [-0.2, 0) is 4.79 Å². The summed E-state index contributed by atoms with van der Waals surface area (Å²) in [6.07, 6.45) is 9.69. The molecule has 2 fully saturated rings. The van der Waals surface area contributed by atoms with E-state index in [1.165, 1.54) is 25.7 Å². The number of rotatable bonds is 12. The van der Waals surface area contributed by atoms with Gasteiger partial charge in [0, 0.05) is 43.5 Å². The number of ether oxygens (including phenoxy) is 1. The maximum absolute atomic E-state index is 11.8. The lowest BCUT2D eigenvalue weighted by Gasteiger charge is -2.31. The minimum absolute atomic E-state index is 0.431. The molecule has 3 rings (SSSR count). The van der Waals surface area contributed by atoms with Crippen molar-refractivity contribution in [3.63, 3.8) is 0 Å². The van der Waals surface area contributed by atoms with Crippen molar-refractivity contribution < 1.29 is 9.53 Å². The first kappa shape index (κ1) is 25.9. The molecule has 34 heavy (non-hydrogen) atoms. The van der Waals surface area contributed by atoms with Crippen LogP contribution in [0, 0.1) is 11.8 Å². The van der Waals surface area contributed by atoms with Crippen molar-refractivity contribution in [3.8, 4) is 5.75 Å². The van der Waals surface area contributed by atoms with Crippen LogP contribution >= 0.6 is 0 Å². The third kappa shape index (κ3) is 7.42. The highest BCUT2D eigenvalue weighted by molar-refractivity contribution is 6.02. The van der Waals surface area contributed by atoms with Gasteiger partial charge in [-0.05, 0) is 70.0 Å². The van der Waals surface area contributed by atoms with Crippen LogP contribution in [0.1, 0.15) is 63.9 Å². The topological polar surface area (TPSA) is 87.1 Å². The number of nitrogens with zero attached hydrogens (tertiary/aromatic N) is 2. The molecule has 0 aromatic heterocycles. The van der Waals surface area contributed by atoms with Gasteiger partial charge in [0.1, 0.15) is 5.75 Å². The van der Waals surface area contributed by atoms with Crippen LogP contribution in [0.3, 0.4) is 0 Å². The lowest BCUT2D eigenvalue weighted by atomic mass is 9.78. The molecule has 7 nitrogen and oxygen atoms in total. The van der Waals surface area contributed by atoms with Crippen molar-refractivity contribution in [2.45, 2.75) is 64.3 Å². The lowest BCUT2D eigenvalue weighted by molar-refractivity contribution is -0.105. The Morgan fingerprint density at radius 3 is 2.85 bits per heavy atom. The number of carbonyl (C=O) groups is 1. The Balaban J connectivity index is 1.56. The van der Waals surface area contributed by atoms with E-state index in [1.54, 1.807) is 0 Å². The van der Waals surface area contributed by atoms with E-state index in [4.69, 9.17) is 4.74 Å². The molecule has 2 aliphatic rings. The van der Waals surface area contributed by atoms with E-state index in [2.05, 4.69) is 38.9 Å². The summed E-state index contributed by atoms with van der Waals surface area (Å²) in [5.41, 5.74) is 3.71. The first-order valence-electron chi connectivity index (χ1n) is 12.8. The standard InChI is InChI=1S/C27H41N5O2/c1-4-34-27-11-6-5-10-23(27)24(32-29-3)13-12-20-8-7-9-21(16-20)18-31-26(19-33)25-17-22(28-2)14-15-30-25/h5-6,10-11,19-22,28,30-31H,3-4,7-9,12-18H2,1-2H3/b26-25+,32-24+. The Morgan fingerprint density at radius 1 is 1.26 bits per heavy atom. The summed E-state index contributed by atoms with van der Waals surface area (Å²) in [6.45, 7) is 7.94. The van der Waals surface area contributed by atoms with Crippen molar-refractivity contribution in [2.24, 2.45) is 22.0 Å². The molecule has 0 spiro atoms. The summed E-state index contributed by atoms with van der Waals surface area (Å²) < 4.78 is 5.81. The van der Waals surface area contributed by atoms with E-state index < -0.39 is 0 Å². The highest BCUT2D eigenvalue weighted by atomic mass is 16.5. The Morgan fingerprint density at radius 2 is 2.09 bits per heavy atom. The zero-order valence-corrected chi connectivity index (χ0v) is 20.8. The third-order valence-electron chi connectivity index (χ3n) is 7.08. The van der Waals surface area contributed by atoms with Crippen LogP contribution in [-0.4, -0.2) is 51.5 Å². The molecule has 1 saturated heterocycles. The van der Waals surface area contributed by atoms with Crippen LogP contribution in [0.5, 0.6) is 5.75 Å². The van der Waals surface area contributed by atoms with E-state index in [-0.39, 0.29) is 0 Å². The maximum Gasteiger partial charge on any atom is 0.167 e. The molecule has 0 radical (unpaired) electrons. The van der Waals surface area contributed by atoms with Crippen molar-refractivity contribution in [1.29, 1.82) is 0 Å². The molecular weight excluding hydrogens is 426 g/mol. The number of hydrogen-bond acceptors (Lipinski definition) is 7. The fourth-order valence-corrected chi connectivity index (χ4v) is 5.24. The van der Waals surface area contributed by atoms with Crippen molar-refractivity contribution in [2.75, 3.05) is 26.7 Å². The number of benzene rings is 1. The quantitative estimate of drug-likeness (QED) is 0.187. The summed E-state index contributed by atoms with van der Waals surface area (Å²) in [7, 11) is 1.99. The molecule has 3 N–H and O–H groups in total. The highest BCUT2D eigenvalue weighted by Crippen LogP contribution is 2.33. The molecule has 1 aromatic carbocycles. The van der Waals surface area contributed by atoms with E-state index >= 15 is 0 Å². The van der Waals surface area contributed by atoms with Gasteiger partial charge < -0.3 is 20.7 Å². The molecule has 3 unspecified atom stereocenters. The molecule has 1 saturated carbocycles. The second-order valence-corrected chi connectivity index (χ2v) is 9.35. The zero-order valence-electron chi connectivity index (χ0n) is 20.8. The number of piperidine rings is 1. The fourth-order valence-electron chi connectivity index (χ4n) is 5.24. The van der Waals surface area contributed by atoms with E-state index in [9.17, 15) is 4.79 Å². The second-order valence-electron chi connectivity index (χ2n) is 9.35. The Labute approximate surface area is 204 Å². The molecular formula is C27H41N5O2. The minimum Gasteiger partial charge on any atom is -0.493 e. The number of para-hydroxylation sites is 1. The highest BCUT2D eigenvalue weighted by Gasteiger charge is 2.24. The normalized spacial score (nSPS) is 24.6. The molecule has 0 bridgehead atoms. The van der Waals surface area contributed by atoms with Gasteiger partial charge in [-0.25, -0.2) is 0 Å². The number of aldehydes is 1. The van der Waals surface area contributed by atoms with Crippen molar-refractivity contribution in [1.82, 2.24) is 16.0 Å². The predicted molar refractivity (Wildman–Crippen MR) is 140 cm³/mol. The predicted octanol–water partition coefficient (Wildman–Crippen LogP) is 4.05. The monoisotopic (exact) mass is 467 g/mol. The second kappa shape index (κ2) is 13.9. The Bertz CT molecular complexity index is 866. The van der Waals surface area contributed by atoms with Gasteiger partial charge in [-0.2, -0.15) is 10.2 Å². The molecule has 3 atom stereocenters. The molecule has 1 heterocycles. The van der Waals surface area contributed by atoms with Gasteiger partial charge in [0.25, 0.3) is 0 Å². The minimum atomic E-state index is 0.431. The Hall–Kier alpha value is -2.67. The molecule has 1 aromatic rings. The maximum atomic E-state index is 11.8. The fraction of sp³-hybridized carbons (Fsp3) is 0.593. The molecule has 186 valence electrons. The average molecular weight is 468 g/mol. The van der Waals surface area contributed by atoms with Crippen LogP contribution in [0.2, 0.25) is 0 Å². The number of hydrogen-bond donors (Lipinski definition) is 3. The number of carbonyl (C=O) groups excluding carboxylic acids is 1. The van der Waals surface area contributed by atoms with Crippen LogP contribution in [0.15, 0.2) is 45.9 Å². The largest absolute Gasteiger partial charge is 0.493 e. The molecule has 0 amide bonds. The number of allylic oxidation sites excluding steroid dienone is 1. The van der Waals surface area contributed by atoms with E-state index in [1.807, 2.05) is 32.2 Å². The summed E-state index contributed by atoms with van der Waals surface area (Å²) in [5, 5.41) is 18.4. The van der Waals surface area contributed by atoms with Gasteiger partial charge in [0.15, 0.2) is 6.29 Å². The number of nitrogens with one attached hydrogen (secondary N) is 3. The van der Waals surface area contributed by atoms with Gasteiger partial charge in [0.2, 0.25) is 0 Å². The van der Waals surface area contributed by atoms with Crippen LogP contribution in [0.25, 0.3) is 0 Å². The summed E-state index contributed by atoms with van der Waals surface area (Å²) in [5.74, 6) is 2.07. The van der Waals surface area contributed by atoms with Gasteiger partial charge in [-0.3, -0.25) is 4.79 Å². The summed E-state index contributed by atoms with van der Waals surface area (Å²) >= 11 is 0. The van der Waals surface area contributed by atoms with E-state index in [0.717, 1.165) is 73.5 Å². The summed E-state index contributed by atoms with van der Waals surface area (Å²) in [4.78, 5) is 11.8. The van der Waals surface area contributed by atoms with Gasteiger partial charge in [-0.1, -0.05) is 25.0 Å². The van der Waals surface area contributed by atoms with Crippen molar-refractivity contribution >= 4 is 18.7 Å². The molecule has 1 aliphatic carbocycles. The van der Waals surface area contributed by atoms with Gasteiger partial charge in [0.05, 0.1) is 18.0 Å². The Kier molecular flexibility index (Phi) is 10.6. The smallest absolute Gasteiger partial charge is 0.167 e. The molecule has 7 heteroatoms. The zero-order chi connectivity index (χ0) is 24.2. The van der Waals surface area contributed by atoms with E-state index in [0.29, 0.717) is 24.5 Å². The third-order valence-corrected chi connectivity index (χ3v) is 7.08. The SMILES string of the molecule is C=N/N=C(\CCC1CCCC(CN/C(C=O)=C2\CC(NC)CCN2)C1)c1ccccc1OCC. The average Bonchev–Trinajstić information content (AvgIpc) is 2.88. The first-order valence-corrected chi connectivity index (χ1v) is 12.8. The van der Waals surface area contributed by atoms with Crippen molar-refractivity contribution in [3.05, 3.63) is 41.2 Å². The van der Waals surface area contributed by atoms with Gasteiger partial charge >= 0.3 is 0 Å². The van der Waals surface area contributed by atoms with Gasteiger partial charge in [-0.15, -0.1) is 0 Å². The van der Waals surface area contributed by atoms with Crippen LogP contribution < -0.4 is 20.7 Å².